The Morgan fingerprint density at radius 3 is 2.61 bits per heavy atom. The quantitative estimate of drug-likeness (QED) is 0.501. The number of unbranched alkanes of at least 4 members (excludes halogenated alkanes) is 1. The molecule has 1 aromatic carbocycles. The fraction of sp³-hybridized carbons (Fsp3) is 0.565. The van der Waals surface area contributed by atoms with Crippen LogP contribution >= 0.6 is 0 Å². The van der Waals surface area contributed by atoms with E-state index in [4.69, 9.17) is 10.5 Å². The number of amides is 1. The van der Waals surface area contributed by atoms with Crippen molar-refractivity contribution in [2.24, 2.45) is 0 Å². The molecule has 10 heteroatoms. The van der Waals surface area contributed by atoms with Crippen molar-refractivity contribution >= 4 is 44.0 Å². The Kier molecular flexibility index (Phi) is 8.23. The minimum Gasteiger partial charge on any atom is -0.453 e. The number of nitrogen functional groups attached to an aromatic ring is 1. The van der Waals surface area contributed by atoms with Gasteiger partial charge in [0.15, 0.2) is 9.84 Å². The number of carbonyl (C=O) groups is 1. The van der Waals surface area contributed by atoms with Gasteiger partial charge in [-0.05, 0) is 31.7 Å². The molecule has 0 bridgehead atoms. The second-order valence-electron chi connectivity index (χ2n) is 8.40. The number of carbonyl (C=O) groups excluding carboxylic acids is 1. The van der Waals surface area contributed by atoms with Gasteiger partial charge in [0.05, 0.1) is 29.8 Å². The molecular weight excluding hydrogens is 442 g/mol. The van der Waals surface area contributed by atoms with Crippen molar-refractivity contribution in [2.75, 3.05) is 61.2 Å². The molecule has 0 radical (unpaired) electrons. The number of nitrogens with two attached hydrogens (primary N) is 1. The maximum Gasteiger partial charge on any atom is 0.409 e. The Bertz CT molecular complexity index is 1080. The number of para-hydroxylation sites is 1. The summed E-state index contributed by atoms with van der Waals surface area (Å²) in [7, 11) is 0.0956. The van der Waals surface area contributed by atoms with Gasteiger partial charge in [0.2, 0.25) is 0 Å². The van der Waals surface area contributed by atoms with Crippen LogP contribution in [0.3, 0.4) is 0 Å². The summed E-state index contributed by atoms with van der Waals surface area (Å²) in [4.78, 5) is 20.7. The monoisotopic (exact) mass is 477 g/mol. The maximum atomic E-state index is 12.3. The summed E-state index contributed by atoms with van der Waals surface area (Å²) in [6, 6.07) is 7.65. The van der Waals surface area contributed by atoms with E-state index in [0.29, 0.717) is 18.8 Å². The van der Waals surface area contributed by atoms with E-state index in [2.05, 4.69) is 28.2 Å². The SMILES string of the molecule is CCCN(CCCCN(C(=O)OC)C1CCS(=O)(=O)C1)c1c(NC)c(N)nc2ccccc12. The van der Waals surface area contributed by atoms with Crippen LogP contribution in [0.1, 0.15) is 32.6 Å². The van der Waals surface area contributed by atoms with E-state index in [1.807, 2.05) is 25.2 Å². The van der Waals surface area contributed by atoms with Gasteiger partial charge < -0.3 is 25.6 Å². The fourth-order valence-corrected chi connectivity index (χ4v) is 6.27. The number of rotatable bonds is 10. The molecule has 2 aromatic rings. The summed E-state index contributed by atoms with van der Waals surface area (Å²) in [6.45, 7) is 4.22. The molecule has 9 nitrogen and oxygen atoms in total. The Morgan fingerprint density at radius 1 is 1.24 bits per heavy atom. The number of nitrogens with one attached hydrogen (secondary N) is 1. The van der Waals surface area contributed by atoms with Gasteiger partial charge in [-0.1, -0.05) is 25.1 Å². The number of pyridine rings is 1. The summed E-state index contributed by atoms with van der Waals surface area (Å²) in [5.74, 6) is 0.600. The minimum atomic E-state index is -3.08. The van der Waals surface area contributed by atoms with Crippen molar-refractivity contribution in [1.82, 2.24) is 9.88 Å². The average Bonchev–Trinajstić information content (AvgIpc) is 3.16. The first-order chi connectivity index (χ1) is 15.8. The predicted molar refractivity (Wildman–Crippen MR) is 134 cm³/mol. The molecular formula is C23H35N5O4S. The number of methoxy groups -OCH3 is 1. The molecule has 1 aliphatic heterocycles. The third-order valence-electron chi connectivity index (χ3n) is 6.09. The molecule has 3 N–H and O–H groups in total. The third-order valence-corrected chi connectivity index (χ3v) is 7.84. The van der Waals surface area contributed by atoms with Crippen LogP contribution in [-0.2, 0) is 14.6 Å². The van der Waals surface area contributed by atoms with Crippen molar-refractivity contribution < 1.29 is 17.9 Å². The first kappa shape index (κ1) is 24.9. The highest BCUT2D eigenvalue weighted by Crippen LogP contribution is 2.37. The third kappa shape index (κ3) is 5.79. The second-order valence-corrected chi connectivity index (χ2v) is 10.6. The van der Waals surface area contributed by atoms with Gasteiger partial charge in [-0.25, -0.2) is 18.2 Å². The van der Waals surface area contributed by atoms with Crippen molar-refractivity contribution in [2.45, 2.75) is 38.6 Å². The number of aromatic nitrogens is 1. The molecule has 1 aromatic heterocycles. The number of sulfone groups is 1. The van der Waals surface area contributed by atoms with Crippen LogP contribution in [0.5, 0.6) is 0 Å². The average molecular weight is 478 g/mol. The molecule has 1 aliphatic rings. The Labute approximate surface area is 196 Å². The summed E-state index contributed by atoms with van der Waals surface area (Å²) >= 11 is 0. The standard InChI is InChI=1S/C23H35N5O4S/c1-4-12-27(21-18-9-5-6-10-19(18)26-22(24)20(21)25-2)13-7-8-14-28(23(29)32-3)17-11-15-33(30,31)16-17/h5-6,9-10,17,25H,4,7-8,11-16H2,1-3H3,(H2,24,26). The number of nitrogens with zero attached hydrogens (tertiary/aromatic N) is 3. The number of ether oxygens (including phenoxy) is 1. The Morgan fingerprint density at radius 2 is 1.97 bits per heavy atom. The number of fused-ring (bicyclic) bond motifs is 1. The van der Waals surface area contributed by atoms with Gasteiger partial charge in [0, 0.05) is 38.1 Å². The lowest BCUT2D eigenvalue weighted by Crippen LogP contribution is -2.42. The van der Waals surface area contributed by atoms with Crippen LogP contribution in [-0.4, -0.2) is 75.7 Å². The highest BCUT2D eigenvalue weighted by Gasteiger charge is 2.34. The molecule has 0 spiro atoms. The van der Waals surface area contributed by atoms with Crippen LogP contribution < -0.4 is 16.0 Å². The van der Waals surface area contributed by atoms with Gasteiger partial charge in [-0.3, -0.25) is 0 Å². The van der Waals surface area contributed by atoms with E-state index in [-0.39, 0.29) is 17.5 Å². The first-order valence-corrected chi connectivity index (χ1v) is 13.3. The van der Waals surface area contributed by atoms with Crippen molar-refractivity contribution in [3.05, 3.63) is 24.3 Å². The van der Waals surface area contributed by atoms with Gasteiger partial charge in [-0.2, -0.15) is 0 Å². The molecule has 0 saturated carbocycles. The predicted octanol–water partition coefficient (Wildman–Crippen LogP) is 3.11. The molecule has 182 valence electrons. The number of hydrogen-bond donors (Lipinski definition) is 2. The van der Waals surface area contributed by atoms with E-state index in [0.717, 1.165) is 54.6 Å². The first-order valence-electron chi connectivity index (χ1n) is 11.5. The zero-order valence-corrected chi connectivity index (χ0v) is 20.5. The lowest BCUT2D eigenvalue weighted by atomic mass is 10.1. The molecule has 1 saturated heterocycles. The van der Waals surface area contributed by atoms with Gasteiger partial charge in [0.1, 0.15) is 11.5 Å². The number of hydrogen-bond acceptors (Lipinski definition) is 8. The summed E-state index contributed by atoms with van der Waals surface area (Å²) < 4.78 is 28.7. The summed E-state index contributed by atoms with van der Waals surface area (Å²) in [5, 5.41) is 4.25. The smallest absolute Gasteiger partial charge is 0.409 e. The molecule has 0 aliphatic carbocycles. The summed E-state index contributed by atoms with van der Waals surface area (Å²) in [6.07, 6.45) is 2.53. The Hall–Kier alpha value is -2.75. The highest BCUT2D eigenvalue weighted by atomic mass is 32.2. The van der Waals surface area contributed by atoms with Crippen LogP contribution in [0.15, 0.2) is 24.3 Å². The van der Waals surface area contributed by atoms with Gasteiger partial charge >= 0.3 is 6.09 Å². The minimum absolute atomic E-state index is 0.0118. The van der Waals surface area contributed by atoms with Crippen molar-refractivity contribution in [1.29, 1.82) is 0 Å². The summed E-state index contributed by atoms with van der Waals surface area (Å²) in [5.41, 5.74) is 8.96. The normalized spacial score (nSPS) is 17.1. The van der Waals surface area contributed by atoms with E-state index in [1.54, 1.807) is 4.90 Å². The molecule has 3 rings (SSSR count). The second kappa shape index (κ2) is 10.9. The highest BCUT2D eigenvalue weighted by molar-refractivity contribution is 7.91. The molecule has 1 fully saturated rings. The topological polar surface area (TPSA) is 118 Å². The fourth-order valence-electron chi connectivity index (χ4n) is 4.54. The Balaban J connectivity index is 1.74. The molecule has 1 amide bonds. The van der Waals surface area contributed by atoms with E-state index < -0.39 is 15.9 Å². The molecule has 2 heterocycles. The zero-order valence-electron chi connectivity index (χ0n) is 19.7. The van der Waals surface area contributed by atoms with Crippen LogP contribution in [0.4, 0.5) is 22.0 Å². The molecule has 1 unspecified atom stereocenters. The van der Waals surface area contributed by atoms with Crippen molar-refractivity contribution in [3.63, 3.8) is 0 Å². The van der Waals surface area contributed by atoms with Crippen LogP contribution in [0.2, 0.25) is 0 Å². The number of anilines is 3. The lowest BCUT2D eigenvalue weighted by molar-refractivity contribution is 0.108. The molecule has 33 heavy (non-hydrogen) atoms. The van der Waals surface area contributed by atoms with Crippen LogP contribution in [0.25, 0.3) is 10.9 Å². The van der Waals surface area contributed by atoms with Gasteiger partial charge in [0.25, 0.3) is 0 Å². The van der Waals surface area contributed by atoms with E-state index in [9.17, 15) is 13.2 Å². The van der Waals surface area contributed by atoms with E-state index in [1.165, 1.54) is 7.11 Å². The zero-order chi connectivity index (χ0) is 24.0. The maximum absolute atomic E-state index is 12.3. The largest absolute Gasteiger partial charge is 0.453 e. The van der Waals surface area contributed by atoms with Gasteiger partial charge in [-0.15, -0.1) is 0 Å². The van der Waals surface area contributed by atoms with E-state index >= 15 is 0 Å². The molecule has 1 atom stereocenters. The van der Waals surface area contributed by atoms with Crippen molar-refractivity contribution in [3.8, 4) is 0 Å². The van der Waals surface area contributed by atoms with Crippen LogP contribution in [0, 0.1) is 0 Å². The lowest BCUT2D eigenvalue weighted by Gasteiger charge is -2.30. The number of benzene rings is 1.